The smallest absolute Gasteiger partial charge is 0.319 e. The minimum Gasteiger partial charge on any atom is -0.481 e. The zero-order chi connectivity index (χ0) is 20.5. The van der Waals surface area contributed by atoms with Crippen molar-refractivity contribution in [2.24, 2.45) is 0 Å². The standard InChI is InChI=1S/C23H22N2O4/c1-17-21(25-23(29-17)19-7-4-3-5-8-19)9-6-14-28-20-12-10-18(11-13-20)15-24-16-22(26)27-2/h3-5,7-8,10-13,24H,14-16H2,1-2H3. The minimum absolute atomic E-state index is 0.178. The Morgan fingerprint density at radius 3 is 2.62 bits per heavy atom. The molecule has 1 aromatic heterocycles. The summed E-state index contributed by atoms with van der Waals surface area (Å²) in [6.07, 6.45) is 0. The molecule has 0 aliphatic heterocycles. The van der Waals surface area contributed by atoms with Crippen LogP contribution in [-0.4, -0.2) is 31.2 Å². The summed E-state index contributed by atoms with van der Waals surface area (Å²) in [4.78, 5) is 15.5. The van der Waals surface area contributed by atoms with Gasteiger partial charge in [0.2, 0.25) is 5.89 Å². The average molecular weight is 390 g/mol. The lowest BCUT2D eigenvalue weighted by Gasteiger charge is -2.05. The van der Waals surface area contributed by atoms with Crippen LogP contribution in [-0.2, 0) is 16.1 Å². The number of nitrogens with one attached hydrogen (secondary N) is 1. The predicted octanol–water partition coefficient (Wildman–Crippen LogP) is 3.34. The predicted molar refractivity (Wildman–Crippen MR) is 109 cm³/mol. The normalized spacial score (nSPS) is 10.1. The van der Waals surface area contributed by atoms with Crippen LogP contribution in [0, 0.1) is 18.8 Å². The van der Waals surface area contributed by atoms with Crippen molar-refractivity contribution in [2.45, 2.75) is 13.5 Å². The Balaban J connectivity index is 1.50. The summed E-state index contributed by atoms with van der Waals surface area (Å²) < 4.78 is 15.9. The zero-order valence-corrected chi connectivity index (χ0v) is 16.4. The molecular weight excluding hydrogens is 368 g/mol. The van der Waals surface area contributed by atoms with E-state index in [1.807, 2.05) is 61.5 Å². The highest BCUT2D eigenvalue weighted by Gasteiger charge is 2.08. The van der Waals surface area contributed by atoms with E-state index < -0.39 is 0 Å². The monoisotopic (exact) mass is 390 g/mol. The number of rotatable bonds is 7. The van der Waals surface area contributed by atoms with Gasteiger partial charge in [-0.2, -0.15) is 0 Å². The van der Waals surface area contributed by atoms with E-state index in [1.165, 1.54) is 7.11 Å². The van der Waals surface area contributed by atoms with Gasteiger partial charge in [0.15, 0.2) is 5.69 Å². The first kappa shape index (κ1) is 20.2. The molecule has 0 saturated heterocycles. The van der Waals surface area contributed by atoms with Gasteiger partial charge in [0.05, 0.1) is 13.7 Å². The molecule has 0 spiro atoms. The van der Waals surface area contributed by atoms with E-state index in [2.05, 4.69) is 26.9 Å². The molecule has 0 amide bonds. The maximum Gasteiger partial charge on any atom is 0.319 e. The van der Waals surface area contributed by atoms with Crippen LogP contribution in [0.1, 0.15) is 17.0 Å². The van der Waals surface area contributed by atoms with Gasteiger partial charge in [-0.25, -0.2) is 4.98 Å². The zero-order valence-electron chi connectivity index (χ0n) is 16.4. The van der Waals surface area contributed by atoms with Crippen molar-refractivity contribution in [1.29, 1.82) is 0 Å². The third-order valence-electron chi connectivity index (χ3n) is 4.08. The number of oxazole rings is 1. The van der Waals surface area contributed by atoms with Crippen molar-refractivity contribution in [3.8, 4) is 29.0 Å². The van der Waals surface area contributed by atoms with Crippen molar-refractivity contribution < 1.29 is 18.7 Å². The van der Waals surface area contributed by atoms with Crippen LogP contribution < -0.4 is 10.1 Å². The molecule has 0 saturated carbocycles. The topological polar surface area (TPSA) is 73.6 Å². The van der Waals surface area contributed by atoms with Crippen LogP contribution in [0.25, 0.3) is 11.5 Å². The van der Waals surface area contributed by atoms with Crippen molar-refractivity contribution in [3.05, 3.63) is 71.6 Å². The Kier molecular flexibility index (Phi) is 7.04. The van der Waals surface area contributed by atoms with Gasteiger partial charge in [-0.05, 0) is 42.7 Å². The summed E-state index contributed by atoms with van der Waals surface area (Å²) in [5, 5.41) is 3.01. The molecule has 6 heteroatoms. The molecule has 0 fully saturated rings. The fourth-order valence-electron chi connectivity index (χ4n) is 2.54. The molecule has 1 heterocycles. The number of hydrogen-bond donors (Lipinski definition) is 1. The van der Waals surface area contributed by atoms with E-state index in [4.69, 9.17) is 9.15 Å². The summed E-state index contributed by atoms with van der Waals surface area (Å²) in [5.41, 5.74) is 2.57. The SMILES string of the molecule is COC(=O)CNCc1ccc(OCC#Cc2nc(-c3ccccc3)oc2C)cc1. The summed E-state index contributed by atoms with van der Waals surface area (Å²) in [6.45, 7) is 2.84. The fourth-order valence-corrected chi connectivity index (χ4v) is 2.54. The number of hydrogen-bond acceptors (Lipinski definition) is 6. The van der Waals surface area contributed by atoms with E-state index in [9.17, 15) is 4.79 Å². The number of methoxy groups -OCH3 is 1. The number of nitrogens with zero attached hydrogens (tertiary/aromatic N) is 1. The van der Waals surface area contributed by atoms with Crippen LogP contribution in [0.5, 0.6) is 5.75 Å². The van der Waals surface area contributed by atoms with E-state index in [0.717, 1.165) is 16.9 Å². The Morgan fingerprint density at radius 2 is 1.90 bits per heavy atom. The van der Waals surface area contributed by atoms with Crippen molar-refractivity contribution >= 4 is 5.97 Å². The average Bonchev–Trinajstić information content (AvgIpc) is 3.13. The number of benzene rings is 2. The van der Waals surface area contributed by atoms with Crippen molar-refractivity contribution in [1.82, 2.24) is 10.3 Å². The number of esters is 1. The van der Waals surface area contributed by atoms with Gasteiger partial charge in [0, 0.05) is 12.1 Å². The van der Waals surface area contributed by atoms with Crippen LogP contribution in [0.2, 0.25) is 0 Å². The molecule has 29 heavy (non-hydrogen) atoms. The third-order valence-corrected chi connectivity index (χ3v) is 4.08. The van der Waals surface area contributed by atoms with Crippen LogP contribution in [0.4, 0.5) is 0 Å². The van der Waals surface area contributed by atoms with Gasteiger partial charge < -0.3 is 19.2 Å². The molecule has 1 N–H and O–H groups in total. The van der Waals surface area contributed by atoms with Crippen LogP contribution >= 0.6 is 0 Å². The van der Waals surface area contributed by atoms with Gasteiger partial charge >= 0.3 is 5.97 Å². The second kappa shape index (κ2) is 10.1. The van der Waals surface area contributed by atoms with Crippen molar-refractivity contribution in [2.75, 3.05) is 20.3 Å². The quantitative estimate of drug-likeness (QED) is 0.493. The lowest BCUT2D eigenvalue weighted by Crippen LogP contribution is -2.23. The molecule has 0 bridgehead atoms. The number of carbonyl (C=O) groups is 1. The molecule has 3 rings (SSSR count). The van der Waals surface area contributed by atoms with Crippen LogP contribution in [0.15, 0.2) is 59.0 Å². The lowest BCUT2D eigenvalue weighted by molar-refractivity contribution is -0.139. The summed E-state index contributed by atoms with van der Waals surface area (Å²) in [5.74, 6) is 7.63. The molecule has 3 aromatic rings. The number of aromatic nitrogens is 1. The van der Waals surface area contributed by atoms with E-state index >= 15 is 0 Å². The van der Waals surface area contributed by atoms with E-state index in [0.29, 0.717) is 23.9 Å². The first-order valence-electron chi connectivity index (χ1n) is 9.16. The number of ether oxygens (including phenoxy) is 2. The fraction of sp³-hybridized carbons (Fsp3) is 0.217. The Labute approximate surface area is 169 Å². The first-order chi connectivity index (χ1) is 14.2. The van der Waals surface area contributed by atoms with Crippen LogP contribution in [0.3, 0.4) is 0 Å². The Bertz CT molecular complexity index is 999. The number of aryl methyl sites for hydroxylation is 1. The second-order valence-corrected chi connectivity index (χ2v) is 6.20. The molecule has 0 radical (unpaired) electrons. The number of carbonyl (C=O) groups excluding carboxylic acids is 1. The molecule has 0 unspecified atom stereocenters. The highest BCUT2D eigenvalue weighted by molar-refractivity contribution is 5.71. The largest absolute Gasteiger partial charge is 0.481 e. The summed E-state index contributed by atoms with van der Waals surface area (Å²) in [7, 11) is 1.37. The third kappa shape index (κ3) is 5.96. The lowest BCUT2D eigenvalue weighted by atomic mass is 10.2. The summed E-state index contributed by atoms with van der Waals surface area (Å²) >= 11 is 0. The highest BCUT2D eigenvalue weighted by atomic mass is 16.5. The molecular formula is C23H22N2O4. The maximum atomic E-state index is 11.1. The van der Waals surface area contributed by atoms with Gasteiger partial charge in [-0.15, -0.1) is 0 Å². The molecule has 148 valence electrons. The minimum atomic E-state index is -0.290. The first-order valence-corrected chi connectivity index (χ1v) is 9.16. The molecule has 2 aromatic carbocycles. The second-order valence-electron chi connectivity index (χ2n) is 6.20. The van der Waals surface area contributed by atoms with Crippen molar-refractivity contribution in [3.63, 3.8) is 0 Å². The molecule has 0 aliphatic rings. The van der Waals surface area contributed by atoms with Gasteiger partial charge in [0.1, 0.15) is 18.1 Å². The van der Waals surface area contributed by atoms with Gasteiger partial charge in [0.25, 0.3) is 0 Å². The molecule has 6 nitrogen and oxygen atoms in total. The van der Waals surface area contributed by atoms with E-state index in [-0.39, 0.29) is 19.1 Å². The Hall–Kier alpha value is -3.56. The Morgan fingerprint density at radius 1 is 1.14 bits per heavy atom. The molecule has 0 atom stereocenters. The van der Waals surface area contributed by atoms with Gasteiger partial charge in [-0.1, -0.05) is 36.3 Å². The summed E-state index contributed by atoms with van der Waals surface area (Å²) in [6, 6.07) is 17.3. The maximum absolute atomic E-state index is 11.1. The van der Waals surface area contributed by atoms with Gasteiger partial charge in [-0.3, -0.25) is 4.79 Å². The van der Waals surface area contributed by atoms with E-state index in [1.54, 1.807) is 0 Å². The molecule has 0 aliphatic carbocycles. The highest BCUT2D eigenvalue weighted by Crippen LogP contribution is 2.20.